The van der Waals surface area contributed by atoms with Crippen LogP contribution in [-0.2, 0) is 5.88 Å². The number of halogens is 2. The summed E-state index contributed by atoms with van der Waals surface area (Å²) >= 11 is 5.63. The van der Waals surface area contributed by atoms with Gasteiger partial charge in [0.2, 0.25) is 0 Å². The quantitative estimate of drug-likeness (QED) is 0.799. The SMILES string of the molecule is CNc1nc(CCl)nc2c(F)cccc12. The number of benzene rings is 1. The summed E-state index contributed by atoms with van der Waals surface area (Å²) < 4.78 is 13.5. The maximum Gasteiger partial charge on any atom is 0.149 e. The van der Waals surface area contributed by atoms with E-state index in [0.29, 0.717) is 22.5 Å². The highest BCUT2D eigenvalue weighted by atomic mass is 35.5. The van der Waals surface area contributed by atoms with E-state index in [1.165, 1.54) is 6.07 Å². The molecule has 1 heterocycles. The normalized spacial score (nSPS) is 10.6. The van der Waals surface area contributed by atoms with E-state index in [0.717, 1.165) is 0 Å². The van der Waals surface area contributed by atoms with Crippen molar-refractivity contribution in [2.45, 2.75) is 5.88 Å². The number of aromatic nitrogens is 2. The average molecular weight is 226 g/mol. The summed E-state index contributed by atoms with van der Waals surface area (Å²) in [6.07, 6.45) is 0. The fourth-order valence-corrected chi connectivity index (χ4v) is 1.53. The maximum absolute atomic E-state index is 13.5. The van der Waals surface area contributed by atoms with Crippen LogP contribution in [0.1, 0.15) is 5.82 Å². The summed E-state index contributed by atoms with van der Waals surface area (Å²) in [6.45, 7) is 0. The topological polar surface area (TPSA) is 37.8 Å². The molecule has 2 rings (SSSR count). The number of para-hydroxylation sites is 1. The summed E-state index contributed by atoms with van der Waals surface area (Å²) in [5.74, 6) is 0.811. The van der Waals surface area contributed by atoms with E-state index in [2.05, 4.69) is 15.3 Å². The number of alkyl halides is 1. The van der Waals surface area contributed by atoms with E-state index in [1.807, 2.05) is 0 Å². The van der Waals surface area contributed by atoms with Crippen LogP contribution in [0.25, 0.3) is 10.9 Å². The van der Waals surface area contributed by atoms with Crippen LogP contribution in [0.3, 0.4) is 0 Å². The van der Waals surface area contributed by atoms with Crippen molar-refractivity contribution in [3.63, 3.8) is 0 Å². The molecular formula is C10H9ClFN3. The first-order chi connectivity index (χ1) is 7.26. The summed E-state index contributed by atoms with van der Waals surface area (Å²) in [5, 5.41) is 3.55. The summed E-state index contributed by atoms with van der Waals surface area (Å²) in [7, 11) is 1.73. The van der Waals surface area contributed by atoms with Crippen molar-refractivity contribution in [2.75, 3.05) is 12.4 Å². The Hall–Kier alpha value is -1.42. The van der Waals surface area contributed by atoms with E-state index in [4.69, 9.17) is 11.6 Å². The van der Waals surface area contributed by atoms with Crippen molar-refractivity contribution in [3.05, 3.63) is 29.8 Å². The van der Waals surface area contributed by atoms with Crippen LogP contribution in [0.5, 0.6) is 0 Å². The van der Waals surface area contributed by atoms with Crippen LogP contribution in [0.2, 0.25) is 0 Å². The lowest BCUT2D eigenvalue weighted by Crippen LogP contribution is -2.01. The van der Waals surface area contributed by atoms with E-state index in [9.17, 15) is 4.39 Å². The van der Waals surface area contributed by atoms with Crippen molar-refractivity contribution >= 4 is 28.3 Å². The number of fused-ring (bicyclic) bond motifs is 1. The molecule has 15 heavy (non-hydrogen) atoms. The van der Waals surface area contributed by atoms with Gasteiger partial charge in [0.1, 0.15) is 23.0 Å². The van der Waals surface area contributed by atoms with E-state index in [-0.39, 0.29) is 11.7 Å². The molecule has 0 saturated heterocycles. The highest BCUT2D eigenvalue weighted by Crippen LogP contribution is 2.22. The first-order valence-corrected chi connectivity index (χ1v) is 4.98. The molecule has 0 unspecified atom stereocenters. The second-order valence-electron chi connectivity index (χ2n) is 3.01. The third kappa shape index (κ3) is 1.72. The number of nitrogens with zero attached hydrogens (tertiary/aromatic N) is 2. The second kappa shape index (κ2) is 3.98. The largest absolute Gasteiger partial charge is 0.373 e. The molecule has 0 atom stereocenters. The van der Waals surface area contributed by atoms with Crippen molar-refractivity contribution in [1.29, 1.82) is 0 Å². The molecule has 0 fully saturated rings. The van der Waals surface area contributed by atoms with Crippen molar-refractivity contribution in [3.8, 4) is 0 Å². The van der Waals surface area contributed by atoms with Gasteiger partial charge in [-0.1, -0.05) is 6.07 Å². The fraction of sp³-hybridized carbons (Fsp3) is 0.200. The molecule has 0 aliphatic rings. The number of hydrogen-bond donors (Lipinski definition) is 1. The Bertz CT molecular complexity index is 501. The highest BCUT2D eigenvalue weighted by Gasteiger charge is 2.08. The van der Waals surface area contributed by atoms with Crippen molar-refractivity contribution in [1.82, 2.24) is 9.97 Å². The maximum atomic E-state index is 13.5. The molecular weight excluding hydrogens is 217 g/mol. The summed E-state index contributed by atoms with van der Waals surface area (Å²) in [5.41, 5.74) is 0.299. The van der Waals surface area contributed by atoms with Crippen LogP contribution in [0, 0.1) is 5.82 Å². The van der Waals surface area contributed by atoms with Crippen LogP contribution in [0.15, 0.2) is 18.2 Å². The Kier molecular flexibility index (Phi) is 2.68. The number of anilines is 1. The number of hydrogen-bond acceptors (Lipinski definition) is 3. The van der Waals surface area contributed by atoms with Crippen molar-refractivity contribution < 1.29 is 4.39 Å². The molecule has 1 N–H and O–H groups in total. The smallest absolute Gasteiger partial charge is 0.149 e. The number of rotatable bonds is 2. The zero-order chi connectivity index (χ0) is 10.8. The Labute approximate surface area is 91.3 Å². The van der Waals surface area contributed by atoms with Gasteiger partial charge in [-0.25, -0.2) is 14.4 Å². The molecule has 0 radical (unpaired) electrons. The molecule has 2 aromatic rings. The average Bonchev–Trinajstić information content (AvgIpc) is 2.28. The molecule has 0 saturated carbocycles. The standard InChI is InChI=1S/C10H9ClFN3/c1-13-10-6-3-2-4-7(12)9(6)14-8(5-11)15-10/h2-4H,5H2,1H3,(H,13,14,15). The highest BCUT2D eigenvalue weighted by molar-refractivity contribution is 6.16. The Morgan fingerprint density at radius 1 is 1.40 bits per heavy atom. The van der Waals surface area contributed by atoms with Gasteiger partial charge >= 0.3 is 0 Å². The lowest BCUT2D eigenvalue weighted by atomic mass is 10.2. The second-order valence-corrected chi connectivity index (χ2v) is 3.28. The molecule has 78 valence electrons. The van der Waals surface area contributed by atoms with Gasteiger partial charge in [0.25, 0.3) is 0 Å². The minimum absolute atomic E-state index is 0.166. The van der Waals surface area contributed by atoms with E-state index in [1.54, 1.807) is 19.2 Å². The molecule has 3 nitrogen and oxygen atoms in total. The first kappa shape index (κ1) is 10.1. The first-order valence-electron chi connectivity index (χ1n) is 4.45. The third-order valence-electron chi connectivity index (χ3n) is 2.08. The summed E-state index contributed by atoms with van der Waals surface area (Å²) in [6, 6.07) is 4.76. The molecule has 0 aliphatic heterocycles. The fourth-order valence-electron chi connectivity index (χ4n) is 1.41. The van der Waals surface area contributed by atoms with Gasteiger partial charge in [0.05, 0.1) is 5.88 Å². The third-order valence-corrected chi connectivity index (χ3v) is 2.32. The Balaban J connectivity index is 2.80. The minimum atomic E-state index is -0.363. The summed E-state index contributed by atoms with van der Waals surface area (Å²) in [4.78, 5) is 8.20. The van der Waals surface area contributed by atoms with Gasteiger partial charge in [-0.2, -0.15) is 0 Å². The van der Waals surface area contributed by atoms with Gasteiger partial charge in [-0.3, -0.25) is 0 Å². The van der Waals surface area contributed by atoms with Crippen LogP contribution in [-0.4, -0.2) is 17.0 Å². The number of nitrogens with one attached hydrogen (secondary N) is 1. The molecule has 1 aromatic heterocycles. The van der Waals surface area contributed by atoms with Crippen molar-refractivity contribution in [2.24, 2.45) is 0 Å². The van der Waals surface area contributed by atoms with Crippen LogP contribution in [0.4, 0.5) is 10.2 Å². The predicted molar refractivity (Wildman–Crippen MR) is 58.6 cm³/mol. The van der Waals surface area contributed by atoms with Gasteiger partial charge in [-0.05, 0) is 12.1 Å². The zero-order valence-electron chi connectivity index (χ0n) is 8.09. The monoisotopic (exact) mass is 225 g/mol. The van der Waals surface area contributed by atoms with Crippen LogP contribution < -0.4 is 5.32 Å². The molecule has 1 aromatic carbocycles. The Morgan fingerprint density at radius 2 is 2.20 bits per heavy atom. The Morgan fingerprint density at radius 3 is 2.87 bits per heavy atom. The lowest BCUT2D eigenvalue weighted by molar-refractivity contribution is 0.636. The molecule has 0 aliphatic carbocycles. The molecule has 5 heteroatoms. The van der Waals surface area contributed by atoms with Gasteiger partial charge in [-0.15, -0.1) is 11.6 Å². The molecule has 0 bridgehead atoms. The van der Waals surface area contributed by atoms with E-state index >= 15 is 0 Å². The predicted octanol–water partition coefficient (Wildman–Crippen LogP) is 2.55. The van der Waals surface area contributed by atoms with E-state index < -0.39 is 0 Å². The van der Waals surface area contributed by atoms with Gasteiger partial charge in [0, 0.05) is 12.4 Å². The molecule has 0 amide bonds. The minimum Gasteiger partial charge on any atom is -0.373 e. The molecule has 0 spiro atoms. The zero-order valence-corrected chi connectivity index (χ0v) is 8.85. The van der Waals surface area contributed by atoms with Gasteiger partial charge in [0.15, 0.2) is 0 Å². The van der Waals surface area contributed by atoms with Crippen LogP contribution >= 0.6 is 11.6 Å². The lowest BCUT2D eigenvalue weighted by Gasteiger charge is -2.06. The van der Waals surface area contributed by atoms with Gasteiger partial charge < -0.3 is 5.32 Å².